The van der Waals surface area contributed by atoms with Gasteiger partial charge in [0.15, 0.2) is 0 Å². The van der Waals surface area contributed by atoms with Crippen molar-refractivity contribution in [3.63, 3.8) is 0 Å². The molecule has 7 nitrogen and oxygen atoms in total. The fourth-order valence-electron chi connectivity index (χ4n) is 4.46. The van der Waals surface area contributed by atoms with E-state index in [1.54, 1.807) is 6.20 Å². The second kappa shape index (κ2) is 8.05. The van der Waals surface area contributed by atoms with Crippen LogP contribution in [0.15, 0.2) is 18.3 Å². The smallest absolute Gasteiger partial charge is 0.263 e. The molecular formula is C22H25FN6OS. The molecule has 5 rings (SSSR count). The number of amides is 1. The molecule has 162 valence electrons. The largest absolute Gasteiger partial charge is 0.396 e. The van der Waals surface area contributed by atoms with Gasteiger partial charge in [0, 0.05) is 38.4 Å². The Morgan fingerprint density at radius 3 is 2.97 bits per heavy atom. The number of carbonyl (C=O) groups excluding carboxylic acids is 1. The fraction of sp³-hybridized carbons (Fsp3) is 0.409. The van der Waals surface area contributed by atoms with Crippen molar-refractivity contribution < 1.29 is 9.18 Å². The van der Waals surface area contributed by atoms with Crippen LogP contribution < -0.4 is 21.3 Å². The lowest BCUT2D eigenvalue weighted by Gasteiger charge is -2.32. The molecule has 1 fully saturated rings. The number of rotatable bonds is 3. The summed E-state index contributed by atoms with van der Waals surface area (Å²) in [4.78, 5) is 24.8. The van der Waals surface area contributed by atoms with E-state index in [-0.39, 0.29) is 17.8 Å². The average Bonchev–Trinajstić information content (AvgIpc) is 3.10. The van der Waals surface area contributed by atoms with Crippen LogP contribution in [0.1, 0.15) is 32.9 Å². The van der Waals surface area contributed by atoms with E-state index in [1.165, 1.54) is 11.3 Å². The summed E-state index contributed by atoms with van der Waals surface area (Å²) in [5.41, 5.74) is 10.3. The van der Waals surface area contributed by atoms with Gasteiger partial charge in [-0.15, -0.1) is 11.3 Å². The molecule has 3 aromatic rings. The van der Waals surface area contributed by atoms with E-state index in [2.05, 4.69) is 25.5 Å². The summed E-state index contributed by atoms with van der Waals surface area (Å²) < 4.78 is 15.2. The van der Waals surface area contributed by atoms with Crippen LogP contribution in [0.3, 0.4) is 0 Å². The van der Waals surface area contributed by atoms with E-state index < -0.39 is 0 Å². The molecule has 2 aliphatic rings. The molecule has 3 heterocycles. The van der Waals surface area contributed by atoms with Crippen molar-refractivity contribution in [2.45, 2.75) is 32.2 Å². The van der Waals surface area contributed by atoms with Crippen LogP contribution in [0.25, 0.3) is 10.3 Å². The Labute approximate surface area is 183 Å². The van der Waals surface area contributed by atoms with Gasteiger partial charge in [-0.1, -0.05) is 6.07 Å². The fourth-order valence-corrected chi connectivity index (χ4v) is 5.46. The maximum absolute atomic E-state index is 15.2. The van der Waals surface area contributed by atoms with Gasteiger partial charge in [-0.2, -0.15) is 0 Å². The van der Waals surface area contributed by atoms with Gasteiger partial charge in [-0.05, 0) is 43.4 Å². The number of aromatic nitrogens is 2. The molecule has 31 heavy (non-hydrogen) atoms. The summed E-state index contributed by atoms with van der Waals surface area (Å²) in [6.45, 7) is 5.23. The second-order valence-electron chi connectivity index (χ2n) is 8.20. The van der Waals surface area contributed by atoms with E-state index in [0.717, 1.165) is 43.0 Å². The summed E-state index contributed by atoms with van der Waals surface area (Å²) in [6, 6.07) is 3.84. The van der Waals surface area contributed by atoms with Crippen LogP contribution in [-0.2, 0) is 12.8 Å². The van der Waals surface area contributed by atoms with Crippen molar-refractivity contribution in [2.24, 2.45) is 0 Å². The Bertz CT molecular complexity index is 1160. The van der Waals surface area contributed by atoms with E-state index >= 15 is 4.39 Å². The second-order valence-corrected chi connectivity index (χ2v) is 9.20. The van der Waals surface area contributed by atoms with Crippen LogP contribution in [0.4, 0.5) is 15.8 Å². The number of hydrogen-bond acceptors (Lipinski definition) is 7. The van der Waals surface area contributed by atoms with E-state index in [1.807, 2.05) is 19.1 Å². The third-order valence-corrected chi connectivity index (χ3v) is 7.17. The Hall–Kier alpha value is -2.78. The van der Waals surface area contributed by atoms with Crippen molar-refractivity contribution in [2.75, 3.05) is 36.8 Å². The molecule has 1 aliphatic heterocycles. The minimum atomic E-state index is -0.216. The highest BCUT2D eigenvalue weighted by Gasteiger charge is 2.27. The number of nitrogens with zero attached hydrogens (tertiary/aromatic N) is 3. The number of piperazine rings is 1. The van der Waals surface area contributed by atoms with E-state index in [0.29, 0.717) is 45.9 Å². The molecule has 1 atom stereocenters. The number of nitrogens with two attached hydrogens (primary N) is 1. The van der Waals surface area contributed by atoms with Crippen molar-refractivity contribution in [3.05, 3.63) is 45.8 Å². The van der Waals surface area contributed by atoms with Crippen LogP contribution in [0.5, 0.6) is 0 Å². The first-order valence-corrected chi connectivity index (χ1v) is 11.4. The quantitative estimate of drug-likeness (QED) is 0.579. The van der Waals surface area contributed by atoms with Crippen molar-refractivity contribution in [1.82, 2.24) is 20.6 Å². The molecule has 0 saturated carbocycles. The van der Waals surface area contributed by atoms with Gasteiger partial charge in [0.25, 0.3) is 5.91 Å². The summed E-state index contributed by atoms with van der Waals surface area (Å²) >= 11 is 1.26. The summed E-state index contributed by atoms with van der Waals surface area (Å²) in [7, 11) is 0. The standard InChI is InChI=1S/C22H25FN6OS/c1-12-11-26-19-18(24)20(31-22(19)27-12)21(30)28-14-3-4-15-13(10-14)2-5-16(17(15)23)29-8-6-25-7-9-29/h2,5,11,14,25H,3-4,6-10,24H2,1H3,(H,28,30)/t14-/m0/s1. The normalized spacial score (nSPS) is 18.8. The SMILES string of the molecule is Cc1cnc2c(N)c(C(=O)N[C@H]3CCc4c(ccc(N5CCNCC5)c4F)C3)sc2n1. The minimum Gasteiger partial charge on any atom is -0.396 e. The molecule has 0 radical (unpaired) electrons. The third-order valence-electron chi connectivity index (χ3n) is 6.09. The lowest BCUT2D eigenvalue weighted by molar-refractivity contribution is 0.0938. The Morgan fingerprint density at radius 2 is 2.16 bits per heavy atom. The number of thiophene rings is 1. The average molecular weight is 441 g/mol. The molecule has 1 aliphatic carbocycles. The summed E-state index contributed by atoms with van der Waals surface area (Å²) in [6.07, 6.45) is 3.56. The third kappa shape index (κ3) is 3.72. The van der Waals surface area contributed by atoms with Crippen LogP contribution >= 0.6 is 11.3 Å². The highest BCUT2D eigenvalue weighted by atomic mass is 32.1. The zero-order valence-electron chi connectivity index (χ0n) is 17.4. The first-order chi connectivity index (χ1) is 15.0. The maximum Gasteiger partial charge on any atom is 0.263 e. The van der Waals surface area contributed by atoms with Crippen molar-refractivity contribution in [1.29, 1.82) is 0 Å². The molecule has 0 unspecified atom stereocenters. The Kier molecular flexibility index (Phi) is 5.23. The maximum atomic E-state index is 15.2. The van der Waals surface area contributed by atoms with Gasteiger partial charge in [0.2, 0.25) is 0 Å². The summed E-state index contributed by atoms with van der Waals surface area (Å²) in [5, 5.41) is 6.38. The van der Waals surface area contributed by atoms with Gasteiger partial charge in [-0.3, -0.25) is 4.79 Å². The summed E-state index contributed by atoms with van der Waals surface area (Å²) in [5.74, 6) is -0.322. The lowest BCUT2D eigenvalue weighted by atomic mass is 9.87. The molecule has 4 N–H and O–H groups in total. The molecule has 1 aromatic carbocycles. The number of aryl methyl sites for hydroxylation is 1. The monoisotopic (exact) mass is 440 g/mol. The molecule has 2 aromatic heterocycles. The predicted molar refractivity (Wildman–Crippen MR) is 121 cm³/mol. The number of fused-ring (bicyclic) bond motifs is 2. The van der Waals surface area contributed by atoms with Crippen LogP contribution in [-0.4, -0.2) is 48.1 Å². The van der Waals surface area contributed by atoms with Gasteiger partial charge in [0.1, 0.15) is 21.0 Å². The van der Waals surface area contributed by atoms with E-state index in [9.17, 15) is 4.79 Å². The molecule has 9 heteroatoms. The number of carbonyl (C=O) groups is 1. The zero-order chi connectivity index (χ0) is 21.5. The number of nitrogen functional groups attached to an aromatic ring is 1. The first-order valence-electron chi connectivity index (χ1n) is 10.6. The zero-order valence-corrected chi connectivity index (χ0v) is 18.2. The topological polar surface area (TPSA) is 96.2 Å². The lowest BCUT2D eigenvalue weighted by Crippen LogP contribution is -2.44. The number of halogens is 1. The van der Waals surface area contributed by atoms with Gasteiger partial charge in [0.05, 0.1) is 17.1 Å². The van der Waals surface area contributed by atoms with Gasteiger partial charge >= 0.3 is 0 Å². The van der Waals surface area contributed by atoms with Crippen LogP contribution in [0, 0.1) is 12.7 Å². The Morgan fingerprint density at radius 1 is 1.35 bits per heavy atom. The van der Waals surface area contributed by atoms with Crippen molar-refractivity contribution >= 4 is 39.0 Å². The Balaban J connectivity index is 1.32. The highest BCUT2D eigenvalue weighted by molar-refractivity contribution is 7.21. The predicted octanol–water partition coefficient (Wildman–Crippen LogP) is 2.42. The number of benzene rings is 1. The van der Waals surface area contributed by atoms with E-state index in [4.69, 9.17) is 5.73 Å². The van der Waals surface area contributed by atoms with Gasteiger partial charge in [-0.25, -0.2) is 14.4 Å². The number of nitrogens with one attached hydrogen (secondary N) is 2. The molecule has 0 bridgehead atoms. The molecule has 0 spiro atoms. The molecule has 1 saturated heterocycles. The van der Waals surface area contributed by atoms with Crippen LogP contribution in [0.2, 0.25) is 0 Å². The minimum absolute atomic E-state index is 0.0586. The first kappa shape index (κ1) is 20.1. The van der Waals surface area contributed by atoms with Crippen molar-refractivity contribution in [3.8, 4) is 0 Å². The molecule has 1 amide bonds. The number of anilines is 2. The van der Waals surface area contributed by atoms with Gasteiger partial charge < -0.3 is 21.3 Å². The molecular weight excluding hydrogens is 415 g/mol. The number of hydrogen-bond donors (Lipinski definition) is 3. The highest BCUT2D eigenvalue weighted by Crippen LogP contribution is 2.33.